The van der Waals surface area contributed by atoms with Gasteiger partial charge in [-0.25, -0.2) is 4.79 Å². The Balaban J connectivity index is 1.25. The second-order valence-corrected chi connectivity index (χ2v) is 8.63. The smallest absolute Gasteiger partial charge is 0.407 e. The number of amides is 2. The van der Waals surface area contributed by atoms with Gasteiger partial charge in [-0.15, -0.1) is 0 Å². The van der Waals surface area contributed by atoms with Crippen molar-refractivity contribution in [3.05, 3.63) is 59.7 Å². The van der Waals surface area contributed by atoms with Crippen LogP contribution in [0.2, 0.25) is 0 Å². The summed E-state index contributed by atoms with van der Waals surface area (Å²) < 4.78 is 5.55. The van der Waals surface area contributed by atoms with Crippen molar-refractivity contribution in [3.63, 3.8) is 0 Å². The summed E-state index contributed by atoms with van der Waals surface area (Å²) in [6.45, 7) is 4.04. The third-order valence-corrected chi connectivity index (χ3v) is 6.27. The van der Waals surface area contributed by atoms with Gasteiger partial charge in [0.05, 0.1) is 6.54 Å². The molecule has 0 aromatic heterocycles. The molecular weight excluding hydrogens is 422 g/mol. The molecule has 0 radical (unpaired) electrons. The molecule has 0 unspecified atom stereocenters. The number of carboxylic acid groups (broad SMARTS) is 1. The number of piperazine rings is 1. The van der Waals surface area contributed by atoms with Gasteiger partial charge in [0.2, 0.25) is 5.91 Å². The van der Waals surface area contributed by atoms with Crippen molar-refractivity contribution < 1.29 is 24.2 Å². The number of fused-ring (bicyclic) bond motifs is 3. The summed E-state index contributed by atoms with van der Waals surface area (Å²) in [6, 6.07) is 15.9. The van der Waals surface area contributed by atoms with Gasteiger partial charge in [0.1, 0.15) is 6.61 Å². The van der Waals surface area contributed by atoms with E-state index in [0.29, 0.717) is 26.2 Å². The number of carboxylic acids is 1. The molecule has 1 fully saturated rings. The standard InChI is InChI=1S/C25H29N3O5/c1-17(14-23(29)28-12-10-27(11-13-28)15-24(30)31)26-25(32)33-16-22-20-8-4-2-6-18(20)19-7-3-5-9-21(19)22/h2-9,17,22H,10-16H2,1H3,(H,26,32)(H,30,31)/t17-/m0/s1. The van der Waals surface area contributed by atoms with Crippen molar-refractivity contribution in [3.8, 4) is 11.1 Å². The van der Waals surface area contributed by atoms with Crippen LogP contribution in [-0.2, 0) is 14.3 Å². The van der Waals surface area contributed by atoms with E-state index in [0.717, 1.165) is 11.1 Å². The molecule has 0 bridgehead atoms. The summed E-state index contributed by atoms with van der Waals surface area (Å²) in [5.41, 5.74) is 4.64. The van der Waals surface area contributed by atoms with Gasteiger partial charge in [-0.3, -0.25) is 14.5 Å². The van der Waals surface area contributed by atoms with E-state index in [1.807, 2.05) is 29.2 Å². The van der Waals surface area contributed by atoms with Crippen LogP contribution in [0.3, 0.4) is 0 Å². The number of rotatable bonds is 7. The van der Waals surface area contributed by atoms with Gasteiger partial charge in [0.25, 0.3) is 0 Å². The Morgan fingerprint density at radius 1 is 1.00 bits per heavy atom. The Bertz CT molecular complexity index is 987. The Morgan fingerprint density at radius 2 is 1.58 bits per heavy atom. The third kappa shape index (κ3) is 5.34. The number of carbonyl (C=O) groups excluding carboxylic acids is 2. The number of ether oxygens (including phenoxy) is 1. The first kappa shape index (κ1) is 22.8. The molecule has 1 aliphatic heterocycles. The minimum absolute atomic E-state index is 0.0119. The maximum Gasteiger partial charge on any atom is 0.407 e. The topological polar surface area (TPSA) is 99.2 Å². The van der Waals surface area contributed by atoms with Crippen LogP contribution in [-0.4, -0.2) is 78.2 Å². The third-order valence-electron chi connectivity index (χ3n) is 6.27. The van der Waals surface area contributed by atoms with E-state index in [-0.39, 0.29) is 37.4 Å². The van der Waals surface area contributed by atoms with Gasteiger partial charge in [0.15, 0.2) is 0 Å². The highest BCUT2D eigenvalue weighted by Crippen LogP contribution is 2.44. The SMILES string of the molecule is C[C@@H](CC(=O)N1CCN(CC(=O)O)CC1)NC(=O)OCC1c2ccccc2-c2ccccc21. The first-order valence-electron chi connectivity index (χ1n) is 11.3. The molecule has 1 heterocycles. The van der Waals surface area contributed by atoms with E-state index < -0.39 is 12.1 Å². The minimum Gasteiger partial charge on any atom is -0.480 e. The highest BCUT2D eigenvalue weighted by Gasteiger charge is 2.29. The molecule has 2 N–H and O–H groups in total. The number of nitrogens with one attached hydrogen (secondary N) is 1. The first-order chi connectivity index (χ1) is 15.9. The van der Waals surface area contributed by atoms with Gasteiger partial charge in [0, 0.05) is 44.6 Å². The molecule has 1 saturated heterocycles. The lowest BCUT2D eigenvalue weighted by molar-refractivity contribution is -0.139. The van der Waals surface area contributed by atoms with Gasteiger partial charge in [-0.1, -0.05) is 48.5 Å². The predicted octanol–water partition coefficient (Wildman–Crippen LogP) is 2.53. The van der Waals surface area contributed by atoms with Crippen LogP contribution in [0.15, 0.2) is 48.5 Å². The number of benzene rings is 2. The highest BCUT2D eigenvalue weighted by atomic mass is 16.5. The normalized spacial score (nSPS) is 16.6. The molecule has 8 nitrogen and oxygen atoms in total. The molecule has 8 heteroatoms. The number of carbonyl (C=O) groups is 3. The molecule has 0 spiro atoms. The summed E-state index contributed by atoms with van der Waals surface area (Å²) in [7, 11) is 0. The monoisotopic (exact) mass is 451 g/mol. The predicted molar refractivity (Wildman–Crippen MR) is 123 cm³/mol. The minimum atomic E-state index is -0.865. The zero-order chi connectivity index (χ0) is 23.4. The second-order valence-electron chi connectivity index (χ2n) is 8.63. The van der Waals surface area contributed by atoms with Gasteiger partial charge in [-0.05, 0) is 29.2 Å². The number of alkyl carbamates (subject to hydrolysis) is 1. The molecule has 33 heavy (non-hydrogen) atoms. The first-order valence-corrected chi connectivity index (χ1v) is 11.3. The van der Waals surface area contributed by atoms with E-state index >= 15 is 0 Å². The average molecular weight is 452 g/mol. The van der Waals surface area contributed by atoms with Gasteiger partial charge in [-0.2, -0.15) is 0 Å². The quantitative estimate of drug-likeness (QED) is 0.671. The molecule has 0 saturated carbocycles. The maximum atomic E-state index is 12.6. The van der Waals surface area contributed by atoms with Crippen molar-refractivity contribution >= 4 is 18.0 Å². The fourth-order valence-corrected chi connectivity index (χ4v) is 4.63. The number of hydrogen-bond acceptors (Lipinski definition) is 5. The van der Waals surface area contributed by atoms with Gasteiger partial charge >= 0.3 is 12.1 Å². The zero-order valence-electron chi connectivity index (χ0n) is 18.7. The summed E-state index contributed by atoms with van der Waals surface area (Å²) >= 11 is 0. The van der Waals surface area contributed by atoms with Crippen LogP contribution in [0, 0.1) is 0 Å². The van der Waals surface area contributed by atoms with Crippen LogP contribution < -0.4 is 5.32 Å². The molecule has 2 aromatic rings. The highest BCUT2D eigenvalue weighted by molar-refractivity contribution is 5.79. The lowest BCUT2D eigenvalue weighted by Gasteiger charge is -2.34. The van der Waals surface area contributed by atoms with Crippen molar-refractivity contribution in [2.75, 3.05) is 39.3 Å². The maximum absolute atomic E-state index is 12.6. The molecule has 2 aromatic carbocycles. The molecule has 1 atom stereocenters. The van der Waals surface area contributed by atoms with Crippen molar-refractivity contribution in [1.29, 1.82) is 0 Å². The number of hydrogen-bond donors (Lipinski definition) is 2. The zero-order valence-corrected chi connectivity index (χ0v) is 18.7. The fourth-order valence-electron chi connectivity index (χ4n) is 4.63. The summed E-state index contributed by atoms with van der Waals surface area (Å²) in [4.78, 5) is 39.3. The average Bonchev–Trinajstić information content (AvgIpc) is 3.11. The van der Waals surface area contributed by atoms with E-state index in [1.165, 1.54) is 11.1 Å². The lowest BCUT2D eigenvalue weighted by atomic mass is 9.98. The molecular formula is C25H29N3O5. The number of nitrogens with zero attached hydrogens (tertiary/aromatic N) is 2. The Hall–Kier alpha value is -3.39. The van der Waals surface area contributed by atoms with Crippen LogP contribution >= 0.6 is 0 Å². The fraction of sp³-hybridized carbons (Fsp3) is 0.400. The molecule has 1 aliphatic carbocycles. The van der Waals surface area contributed by atoms with Crippen molar-refractivity contribution in [2.45, 2.75) is 25.3 Å². The summed E-state index contributed by atoms with van der Waals surface area (Å²) in [6.07, 6.45) is -0.369. The Labute approximate surface area is 193 Å². The summed E-state index contributed by atoms with van der Waals surface area (Å²) in [5, 5.41) is 11.6. The Kier molecular flexibility index (Phi) is 6.93. The van der Waals surface area contributed by atoms with E-state index in [9.17, 15) is 14.4 Å². The lowest BCUT2D eigenvalue weighted by Crippen LogP contribution is -2.51. The largest absolute Gasteiger partial charge is 0.480 e. The summed E-state index contributed by atoms with van der Waals surface area (Å²) in [5.74, 6) is -0.936. The van der Waals surface area contributed by atoms with Crippen molar-refractivity contribution in [1.82, 2.24) is 15.1 Å². The van der Waals surface area contributed by atoms with Crippen LogP contribution in [0.5, 0.6) is 0 Å². The van der Waals surface area contributed by atoms with Crippen molar-refractivity contribution in [2.24, 2.45) is 0 Å². The molecule has 2 aliphatic rings. The van der Waals surface area contributed by atoms with Crippen LogP contribution in [0.25, 0.3) is 11.1 Å². The number of aliphatic carboxylic acids is 1. The van der Waals surface area contributed by atoms with Crippen LogP contribution in [0.1, 0.15) is 30.4 Å². The van der Waals surface area contributed by atoms with E-state index in [4.69, 9.17) is 9.84 Å². The van der Waals surface area contributed by atoms with E-state index in [2.05, 4.69) is 29.6 Å². The van der Waals surface area contributed by atoms with Gasteiger partial charge < -0.3 is 20.1 Å². The second kappa shape index (κ2) is 10.0. The molecule has 174 valence electrons. The Morgan fingerprint density at radius 3 is 2.15 bits per heavy atom. The van der Waals surface area contributed by atoms with Crippen LogP contribution in [0.4, 0.5) is 4.79 Å². The molecule has 4 rings (SSSR count). The van der Waals surface area contributed by atoms with E-state index in [1.54, 1.807) is 11.8 Å². The molecule has 2 amide bonds.